The Bertz CT molecular complexity index is 349. The number of hydrogen-bond donors (Lipinski definition) is 1. The van der Waals surface area contributed by atoms with Crippen molar-refractivity contribution >= 4 is 0 Å². The molecule has 5 heteroatoms. The minimum absolute atomic E-state index is 0.489. The summed E-state index contributed by atoms with van der Waals surface area (Å²) >= 11 is 0. The van der Waals surface area contributed by atoms with Gasteiger partial charge in [-0.15, -0.1) is 0 Å². The van der Waals surface area contributed by atoms with Gasteiger partial charge in [-0.2, -0.15) is 0 Å². The molecule has 0 aliphatic carbocycles. The molecule has 17 heavy (non-hydrogen) atoms. The van der Waals surface area contributed by atoms with Gasteiger partial charge in [0.05, 0.1) is 28.4 Å². The van der Waals surface area contributed by atoms with Gasteiger partial charge < -0.3 is 24.7 Å². The van der Waals surface area contributed by atoms with Gasteiger partial charge in [0.15, 0.2) is 23.0 Å². The highest BCUT2D eigenvalue weighted by atomic mass is 16.5. The van der Waals surface area contributed by atoms with E-state index < -0.39 is 0 Å². The van der Waals surface area contributed by atoms with Gasteiger partial charge in [-0.05, 0) is 13.0 Å². The number of methoxy groups -OCH3 is 4. The monoisotopic (exact) mass is 241 g/mol. The van der Waals surface area contributed by atoms with Crippen LogP contribution in [-0.2, 0) is 6.42 Å². The summed E-state index contributed by atoms with van der Waals surface area (Å²) < 4.78 is 21.2. The lowest BCUT2D eigenvalue weighted by Crippen LogP contribution is -2.08. The first-order valence-electron chi connectivity index (χ1n) is 5.29. The van der Waals surface area contributed by atoms with Crippen LogP contribution in [0.25, 0.3) is 0 Å². The third kappa shape index (κ3) is 2.55. The van der Waals surface area contributed by atoms with Crippen LogP contribution in [0.3, 0.4) is 0 Å². The van der Waals surface area contributed by atoms with E-state index in [-0.39, 0.29) is 0 Å². The predicted molar refractivity (Wildman–Crippen MR) is 65.4 cm³/mol. The maximum Gasteiger partial charge on any atom is 0.167 e. The molecular weight excluding hydrogens is 222 g/mol. The van der Waals surface area contributed by atoms with Crippen LogP contribution in [0.4, 0.5) is 0 Å². The molecule has 0 aliphatic rings. The Hall–Kier alpha value is -1.62. The summed E-state index contributed by atoms with van der Waals surface area (Å²) in [5.41, 5.74) is 6.45. The fraction of sp³-hybridized carbons (Fsp3) is 0.500. The molecule has 0 aliphatic heterocycles. The van der Waals surface area contributed by atoms with Crippen molar-refractivity contribution in [1.29, 1.82) is 0 Å². The number of rotatable bonds is 6. The summed E-state index contributed by atoms with van der Waals surface area (Å²) in [5.74, 6) is 2.48. The zero-order valence-corrected chi connectivity index (χ0v) is 10.7. The zero-order chi connectivity index (χ0) is 12.8. The molecule has 1 aromatic carbocycles. The molecule has 0 unspecified atom stereocenters. The smallest absolute Gasteiger partial charge is 0.167 e. The second-order valence-corrected chi connectivity index (χ2v) is 3.36. The molecule has 0 amide bonds. The van der Waals surface area contributed by atoms with E-state index in [1.807, 2.05) is 0 Å². The Morgan fingerprint density at radius 3 is 1.65 bits per heavy atom. The highest BCUT2D eigenvalue weighted by molar-refractivity contribution is 5.61. The van der Waals surface area contributed by atoms with Crippen molar-refractivity contribution < 1.29 is 18.9 Å². The Morgan fingerprint density at radius 2 is 1.35 bits per heavy atom. The van der Waals surface area contributed by atoms with E-state index >= 15 is 0 Å². The molecule has 5 nitrogen and oxygen atoms in total. The van der Waals surface area contributed by atoms with Crippen LogP contribution in [0.5, 0.6) is 23.0 Å². The highest BCUT2D eigenvalue weighted by Crippen LogP contribution is 2.44. The van der Waals surface area contributed by atoms with Crippen molar-refractivity contribution in [2.24, 2.45) is 5.73 Å². The van der Waals surface area contributed by atoms with Gasteiger partial charge in [0, 0.05) is 11.6 Å². The quantitative estimate of drug-likeness (QED) is 0.811. The van der Waals surface area contributed by atoms with Gasteiger partial charge in [-0.25, -0.2) is 0 Å². The van der Waals surface area contributed by atoms with Crippen LogP contribution < -0.4 is 24.7 Å². The summed E-state index contributed by atoms with van der Waals surface area (Å²) in [6.45, 7) is 0.489. The fourth-order valence-corrected chi connectivity index (χ4v) is 1.77. The molecule has 0 atom stereocenters. The van der Waals surface area contributed by atoms with Gasteiger partial charge in [0.25, 0.3) is 0 Å². The van der Waals surface area contributed by atoms with Crippen LogP contribution >= 0.6 is 0 Å². The van der Waals surface area contributed by atoms with E-state index in [1.54, 1.807) is 34.5 Å². The second kappa shape index (κ2) is 6.20. The van der Waals surface area contributed by atoms with E-state index in [1.165, 1.54) is 0 Å². The van der Waals surface area contributed by atoms with Gasteiger partial charge in [-0.3, -0.25) is 0 Å². The first kappa shape index (κ1) is 13.4. The molecule has 96 valence electrons. The average molecular weight is 241 g/mol. The third-order valence-corrected chi connectivity index (χ3v) is 2.50. The summed E-state index contributed by atoms with van der Waals surface area (Å²) in [6, 6.07) is 1.73. The number of nitrogens with two attached hydrogens (primary N) is 1. The third-order valence-electron chi connectivity index (χ3n) is 2.50. The average Bonchev–Trinajstić information content (AvgIpc) is 2.37. The van der Waals surface area contributed by atoms with E-state index in [0.717, 1.165) is 5.56 Å². The van der Waals surface area contributed by atoms with E-state index in [4.69, 9.17) is 24.7 Å². The summed E-state index contributed by atoms with van der Waals surface area (Å²) in [4.78, 5) is 0. The molecule has 0 saturated heterocycles. The normalized spacial score (nSPS) is 9.94. The number of hydrogen-bond acceptors (Lipinski definition) is 5. The second-order valence-electron chi connectivity index (χ2n) is 3.36. The maximum absolute atomic E-state index is 5.60. The van der Waals surface area contributed by atoms with Gasteiger partial charge in [0.2, 0.25) is 0 Å². The summed E-state index contributed by atoms with van der Waals surface area (Å²) in [7, 11) is 6.33. The molecule has 2 N–H and O–H groups in total. The standard InChI is InChI=1S/C12H19NO4/c1-14-9-7-10(15-2)12(17-4)8(5-6-13)11(9)16-3/h7H,5-6,13H2,1-4H3. The van der Waals surface area contributed by atoms with Crippen molar-refractivity contribution in [1.82, 2.24) is 0 Å². The summed E-state index contributed by atoms with van der Waals surface area (Å²) in [6.07, 6.45) is 0.625. The van der Waals surface area contributed by atoms with E-state index in [2.05, 4.69) is 0 Å². The van der Waals surface area contributed by atoms with E-state index in [9.17, 15) is 0 Å². The van der Waals surface area contributed by atoms with Crippen molar-refractivity contribution in [2.45, 2.75) is 6.42 Å². The number of benzene rings is 1. The van der Waals surface area contributed by atoms with Crippen LogP contribution in [0.1, 0.15) is 5.56 Å². The van der Waals surface area contributed by atoms with Gasteiger partial charge in [0.1, 0.15) is 0 Å². The number of ether oxygens (including phenoxy) is 4. The van der Waals surface area contributed by atoms with Gasteiger partial charge in [-0.1, -0.05) is 0 Å². The molecule has 0 heterocycles. The maximum atomic E-state index is 5.60. The summed E-state index contributed by atoms with van der Waals surface area (Å²) in [5, 5.41) is 0. The molecule has 0 fully saturated rings. The van der Waals surface area contributed by atoms with Crippen molar-refractivity contribution in [3.63, 3.8) is 0 Å². The molecule has 0 radical (unpaired) electrons. The minimum atomic E-state index is 0.489. The van der Waals surface area contributed by atoms with Crippen molar-refractivity contribution in [3.05, 3.63) is 11.6 Å². The molecule has 0 aromatic heterocycles. The molecular formula is C12H19NO4. The predicted octanol–water partition coefficient (Wildman–Crippen LogP) is 1.22. The Kier molecular flexibility index (Phi) is 4.90. The Balaban J connectivity index is 3.45. The molecule has 0 saturated carbocycles. The van der Waals surface area contributed by atoms with Gasteiger partial charge >= 0.3 is 0 Å². The van der Waals surface area contributed by atoms with Crippen LogP contribution in [-0.4, -0.2) is 35.0 Å². The first-order chi connectivity index (χ1) is 8.23. The molecule has 0 spiro atoms. The minimum Gasteiger partial charge on any atom is -0.493 e. The highest BCUT2D eigenvalue weighted by Gasteiger charge is 2.20. The van der Waals surface area contributed by atoms with Crippen molar-refractivity contribution in [3.8, 4) is 23.0 Å². The van der Waals surface area contributed by atoms with Crippen LogP contribution in [0, 0.1) is 0 Å². The van der Waals surface area contributed by atoms with Crippen molar-refractivity contribution in [2.75, 3.05) is 35.0 Å². The lowest BCUT2D eigenvalue weighted by Gasteiger charge is -2.18. The first-order valence-corrected chi connectivity index (χ1v) is 5.29. The van der Waals surface area contributed by atoms with E-state index in [0.29, 0.717) is 36.0 Å². The van der Waals surface area contributed by atoms with Crippen LogP contribution in [0.15, 0.2) is 6.07 Å². The Morgan fingerprint density at radius 1 is 0.882 bits per heavy atom. The van der Waals surface area contributed by atoms with Crippen LogP contribution in [0.2, 0.25) is 0 Å². The molecule has 1 rings (SSSR count). The zero-order valence-electron chi connectivity index (χ0n) is 10.7. The molecule has 0 bridgehead atoms. The largest absolute Gasteiger partial charge is 0.493 e. The fourth-order valence-electron chi connectivity index (χ4n) is 1.77. The lowest BCUT2D eigenvalue weighted by atomic mass is 10.1. The Labute approximate surface area is 101 Å². The SMILES string of the molecule is COc1cc(OC)c(OC)c(CCN)c1OC. The molecule has 1 aromatic rings. The lowest BCUT2D eigenvalue weighted by molar-refractivity contribution is 0.323. The topological polar surface area (TPSA) is 62.9 Å².